The molecule has 0 amide bonds. The normalized spacial score (nSPS) is 23.7. The number of hydrogen-bond donors (Lipinski definition) is 0. The van der Waals surface area contributed by atoms with Crippen LogP contribution in [0.4, 0.5) is 4.39 Å². The molecule has 1 saturated carbocycles. The number of nitrogens with zero attached hydrogens (tertiary/aromatic N) is 1. The van der Waals surface area contributed by atoms with Gasteiger partial charge >= 0.3 is 0 Å². The van der Waals surface area contributed by atoms with Gasteiger partial charge < -0.3 is 4.74 Å². The minimum Gasteiger partial charge on any atom is -0.497 e. The Kier molecular flexibility index (Phi) is 5.99. The Morgan fingerprint density at radius 1 is 1.18 bits per heavy atom. The van der Waals surface area contributed by atoms with Crippen LogP contribution in [0.2, 0.25) is 0 Å². The van der Waals surface area contributed by atoms with Crippen LogP contribution >= 0.6 is 0 Å². The third kappa shape index (κ3) is 4.32. The number of methoxy groups -OCH3 is 1. The fraction of sp³-hybridized carbons (Fsp3) is 0.591. The van der Waals surface area contributed by atoms with E-state index in [0.29, 0.717) is 18.0 Å². The topological polar surface area (TPSA) is 55.7 Å². The largest absolute Gasteiger partial charge is 0.497 e. The Bertz CT molecular complexity index is 889. The van der Waals surface area contributed by atoms with Crippen LogP contribution in [0.25, 0.3) is 0 Å². The number of aliphatic imine (C=N–C) groups is 1. The first-order chi connectivity index (χ1) is 13.1. The molecule has 154 valence electrons. The van der Waals surface area contributed by atoms with Crippen LogP contribution in [0.1, 0.15) is 52.0 Å². The molecule has 6 heteroatoms. The first-order valence-electron chi connectivity index (χ1n) is 9.92. The molecule has 0 spiro atoms. The Hall–Kier alpha value is -1.69. The standard InChI is InChI=1S/C22H30FNO3S/c1-22(2,3)28(25,26)14-15-8-10-16(11-9-15)19-13-24-21(20(19)23)17-6-5-7-18(12-17)27-4/h5-7,12,15-16H,8-11,13-14H2,1-4H3. The van der Waals surface area contributed by atoms with Crippen molar-refractivity contribution in [2.24, 2.45) is 16.8 Å². The lowest BCUT2D eigenvalue weighted by Gasteiger charge is -2.31. The zero-order chi connectivity index (χ0) is 20.5. The fourth-order valence-corrected chi connectivity index (χ4v) is 5.44. The third-order valence-corrected chi connectivity index (χ3v) is 8.74. The molecule has 1 aromatic carbocycles. The van der Waals surface area contributed by atoms with E-state index in [4.69, 9.17) is 4.74 Å². The van der Waals surface area contributed by atoms with Crippen LogP contribution in [0.15, 0.2) is 40.7 Å². The second-order valence-electron chi connectivity index (χ2n) is 8.85. The van der Waals surface area contributed by atoms with E-state index in [1.54, 1.807) is 33.9 Å². The van der Waals surface area contributed by atoms with E-state index < -0.39 is 14.6 Å². The smallest absolute Gasteiger partial charge is 0.155 e. The molecule has 0 aromatic heterocycles. The molecule has 1 aliphatic carbocycles. The Morgan fingerprint density at radius 2 is 1.86 bits per heavy atom. The van der Waals surface area contributed by atoms with Gasteiger partial charge in [-0.15, -0.1) is 0 Å². The molecule has 0 radical (unpaired) electrons. The SMILES string of the molecule is COc1cccc(C2=NCC(C3CCC(CS(=O)(=O)C(C)(C)C)CC3)=C2F)c1. The second kappa shape index (κ2) is 7.97. The molecule has 0 saturated heterocycles. The summed E-state index contributed by atoms with van der Waals surface area (Å²) in [5, 5.41) is 0. The van der Waals surface area contributed by atoms with Gasteiger partial charge in [-0.1, -0.05) is 12.1 Å². The Balaban J connectivity index is 1.66. The maximum absolute atomic E-state index is 15.1. The van der Waals surface area contributed by atoms with Gasteiger partial charge in [-0.3, -0.25) is 4.99 Å². The fourth-order valence-electron chi connectivity index (χ4n) is 3.99. The molecular weight excluding hydrogens is 377 g/mol. The lowest BCUT2D eigenvalue weighted by molar-refractivity contribution is 0.316. The maximum atomic E-state index is 15.1. The van der Waals surface area contributed by atoms with Crippen molar-refractivity contribution in [1.29, 1.82) is 0 Å². The molecule has 28 heavy (non-hydrogen) atoms. The number of halogens is 1. The van der Waals surface area contributed by atoms with Crippen LogP contribution in [0, 0.1) is 11.8 Å². The monoisotopic (exact) mass is 407 g/mol. The van der Waals surface area contributed by atoms with Gasteiger partial charge in [0, 0.05) is 5.56 Å². The molecule has 4 nitrogen and oxygen atoms in total. The van der Waals surface area contributed by atoms with E-state index in [1.165, 1.54) is 0 Å². The highest BCUT2D eigenvalue weighted by Gasteiger charge is 2.35. The number of sulfone groups is 1. The van der Waals surface area contributed by atoms with Gasteiger partial charge in [0.25, 0.3) is 0 Å². The first kappa shape index (κ1) is 21.0. The van der Waals surface area contributed by atoms with Gasteiger partial charge in [0.15, 0.2) is 9.84 Å². The molecular formula is C22H30FNO3S. The van der Waals surface area contributed by atoms with E-state index >= 15 is 4.39 Å². The average molecular weight is 408 g/mol. The van der Waals surface area contributed by atoms with E-state index in [9.17, 15) is 8.42 Å². The summed E-state index contributed by atoms with van der Waals surface area (Å²) in [5.41, 5.74) is 1.91. The van der Waals surface area contributed by atoms with E-state index in [1.807, 2.05) is 18.2 Å². The van der Waals surface area contributed by atoms with Crippen LogP contribution in [-0.4, -0.2) is 38.3 Å². The van der Waals surface area contributed by atoms with Crippen LogP contribution in [-0.2, 0) is 9.84 Å². The van der Waals surface area contributed by atoms with Crippen molar-refractivity contribution in [2.45, 2.75) is 51.2 Å². The molecule has 2 aliphatic rings. The maximum Gasteiger partial charge on any atom is 0.155 e. The summed E-state index contributed by atoms with van der Waals surface area (Å²) in [7, 11) is -1.53. The van der Waals surface area contributed by atoms with E-state index in [0.717, 1.165) is 36.8 Å². The summed E-state index contributed by atoms with van der Waals surface area (Å²) in [6.07, 6.45) is 3.30. The zero-order valence-electron chi connectivity index (χ0n) is 17.2. The van der Waals surface area contributed by atoms with Gasteiger partial charge in [0.2, 0.25) is 0 Å². The minimum absolute atomic E-state index is 0.153. The number of hydrogen-bond acceptors (Lipinski definition) is 4. The molecule has 1 fully saturated rings. The molecule has 0 atom stereocenters. The molecule has 3 rings (SSSR count). The lowest BCUT2D eigenvalue weighted by atomic mass is 9.79. The predicted molar refractivity (Wildman–Crippen MR) is 112 cm³/mol. The summed E-state index contributed by atoms with van der Waals surface area (Å²) in [5.74, 6) is 1.03. The van der Waals surface area contributed by atoms with E-state index in [-0.39, 0.29) is 23.4 Å². The quantitative estimate of drug-likeness (QED) is 0.708. The van der Waals surface area contributed by atoms with Crippen LogP contribution < -0.4 is 4.74 Å². The number of ether oxygens (including phenoxy) is 1. The highest BCUT2D eigenvalue weighted by atomic mass is 32.2. The van der Waals surface area contributed by atoms with Crippen molar-refractivity contribution in [3.05, 3.63) is 41.2 Å². The second-order valence-corrected chi connectivity index (χ2v) is 11.6. The summed E-state index contributed by atoms with van der Waals surface area (Å²) in [6, 6.07) is 7.31. The van der Waals surface area contributed by atoms with Crippen LogP contribution in [0.3, 0.4) is 0 Å². The molecule has 1 aromatic rings. The Labute approximate surface area is 167 Å². The number of rotatable bonds is 5. The number of benzene rings is 1. The summed E-state index contributed by atoms with van der Waals surface area (Å²) >= 11 is 0. The van der Waals surface area contributed by atoms with Gasteiger partial charge in [0.1, 0.15) is 17.3 Å². The molecule has 0 N–H and O–H groups in total. The third-order valence-electron chi connectivity index (χ3n) is 5.97. The van der Waals surface area contributed by atoms with Crippen molar-refractivity contribution in [3.8, 4) is 5.75 Å². The van der Waals surface area contributed by atoms with Crippen molar-refractivity contribution < 1.29 is 17.5 Å². The highest BCUT2D eigenvalue weighted by molar-refractivity contribution is 7.92. The van der Waals surface area contributed by atoms with Gasteiger partial charge in [-0.2, -0.15) is 0 Å². The average Bonchev–Trinajstić information content (AvgIpc) is 3.02. The van der Waals surface area contributed by atoms with Gasteiger partial charge in [-0.05, 0) is 76.0 Å². The van der Waals surface area contributed by atoms with Gasteiger partial charge in [-0.25, -0.2) is 12.8 Å². The Morgan fingerprint density at radius 3 is 2.46 bits per heavy atom. The van der Waals surface area contributed by atoms with Crippen LogP contribution in [0.5, 0.6) is 5.75 Å². The summed E-state index contributed by atoms with van der Waals surface area (Å²) in [6.45, 7) is 5.66. The van der Waals surface area contributed by atoms with Crippen molar-refractivity contribution in [2.75, 3.05) is 19.4 Å². The first-order valence-corrected chi connectivity index (χ1v) is 11.6. The molecule has 1 heterocycles. The molecule has 1 aliphatic heterocycles. The van der Waals surface area contributed by atoms with Crippen molar-refractivity contribution >= 4 is 15.5 Å². The minimum atomic E-state index is -3.12. The summed E-state index contributed by atoms with van der Waals surface area (Å²) in [4.78, 5) is 4.45. The van der Waals surface area contributed by atoms with Crippen molar-refractivity contribution in [1.82, 2.24) is 0 Å². The van der Waals surface area contributed by atoms with Gasteiger partial charge in [0.05, 0.1) is 24.2 Å². The van der Waals surface area contributed by atoms with Crippen molar-refractivity contribution in [3.63, 3.8) is 0 Å². The highest BCUT2D eigenvalue weighted by Crippen LogP contribution is 2.39. The van der Waals surface area contributed by atoms with E-state index in [2.05, 4.69) is 4.99 Å². The molecule has 0 bridgehead atoms. The number of allylic oxidation sites excluding steroid dienone is 1. The summed E-state index contributed by atoms with van der Waals surface area (Å²) < 4.78 is 44.5. The lowest BCUT2D eigenvalue weighted by Crippen LogP contribution is -2.34. The predicted octanol–water partition coefficient (Wildman–Crippen LogP) is 4.74. The zero-order valence-corrected chi connectivity index (χ0v) is 18.0. The molecule has 0 unspecified atom stereocenters.